The van der Waals surface area contributed by atoms with Crippen LogP contribution in [0, 0.1) is 4.77 Å². The quantitative estimate of drug-likeness (QED) is 0.804. The predicted molar refractivity (Wildman–Crippen MR) is 75.5 cm³/mol. The molecule has 0 aliphatic heterocycles. The van der Waals surface area contributed by atoms with E-state index in [1.807, 2.05) is 28.8 Å². The lowest BCUT2D eigenvalue weighted by molar-refractivity contribution is 0.395. The Morgan fingerprint density at radius 3 is 2.35 bits per heavy atom. The largest absolute Gasteiger partial charge is 0.295 e. The van der Waals surface area contributed by atoms with Crippen LogP contribution < -0.4 is 0 Å². The first-order valence-electron chi connectivity index (χ1n) is 5.33. The lowest BCUT2D eigenvalue weighted by Gasteiger charge is -2.22. The molecule has 0 fully saturated rings. The first-order valence-corrected chi connectivity index (χ1v) is 6.53. The zero-order valence-corrected chi connectivity index (χ0v) is 12.4. The number of hydrogen-bond donors (Lipinski definition) is 1. The second-order valence-corrected chi connectivity index (χ2v) is 6.17. The Kier molecular flexibility index (Phi) is 3.23. The van der Waals surface area contributed by atoms with Crippen LogP contribution in [0.2, 0.25) is 0 Å². The van der Waals surface area contributed by atoms with Crippen LogP contribution in [-0.4, -0.2) is 14.8 Å². The molecule has 0 amide bonds. The SMILES string of the molecule is CC(C)(C)n1c(-c2ccc(Br)cc2)n[nH]c1=S. The average Bonchev–Trinajstić information content (AvgIpc) is 2.61. The van der Waals surface area contributed by atoms with E-state index in [1.54, 1.807) is 0 Å². The molecule has 0 saturated heterocycles. The Morgan fingerprint density at radius 2 is 1.82 bits per heavy atom. The van der Waals surface area contributed by atoms with E-state index < -0.39 is 0 Å². The van der Waals surface area contributed by atoms with Gasteiger partial charge in [0.15, 0.2) is 10.6 Å². The summed E-state index contributed by atoms with van der Waals surface area (Å²) < 4.78 is 3.74. The van der Waals surface area contributed by atoms with Gasteiger partial charge >= 0.3 is 0 Å². The average molecular weight is 312 g/mol. The van der Waals surface area contributed by atoms with Crippen molar-refractivity contribution in [3.63, 3.8) is 0 Å². The summed E-state index contributed by atoms with van der Waals surface area (Å²) in [5.41, 5.74) is 0.961. The second kappa shape index (κ2) is 4.38. The van der Waals surface area contributed by atoms with Crippen LogP contribution in [0.25, 0.3) is 11.4 Å². The van der Waals surface area contributed by atoms with E-state index in [2.05, 4.69) is 46.9 Å². The number of rotatable bonds is 1. The van der Waals surface area contributed by atoms with Gasteiger partial charge in [0, 0.05) is 15.6 Å². The molecule has 1 N–H and O–H groups in total. The van der Waals surface area contributed by atoms with Crippen LogP contribution in [0.15, 0.2) is 28.7 Å². The maximum atomic E-state index is 5.28. The van der Waals surface area contributed by atoms with Gasteiger partial charge < -0.3 is 0 Å². The molecule has 0 radical (unpaired) electrons. The van der Waals surface area contributed by atoms with Gasteiger partial charge in [-0.3, -0.25) is 9.67 Å². The third-order valence-corrected chi connectivity index (χ3v) is 3.25. The number of halogens is 1. The van der Waals surface area contributed by atoms with E-state index in [0.29, 0.717) is 4.77 Å². The number of aromatic amines is 1. The zero-order chi connectivity index (χ0) is 12.6. The van der Waals surface area contributed by atoms with E-state index >= 15 is 0 Å². The molecule has 90 valence electrons. The Labute approximate surface area is 114 Å². The third kappa shape index (κ3) is 2.50. The monoisotopic (exact) mass is 311 g/mol. The second-order valence-electron chi connectivity index (χ2n) is 4.87. The summed E-state index contributed by atoms with van der Waals surface area (Å²) >= 11 is 8.71. The van der Waals surface area contributed by atoms with E-state index in [1.165, 1.54) is 0 Å². The minimum absolute atomic E-state index is 0.0908. The van der Waals surface area contributed by atoms with Gasteiger partial charge in [0.2, 0.25) is 0 Å². The predicted octanol–water partition coefficient (Wildman–Crippen LogP) is 4.13. The lowest BCUT2D eigenvalue weighted by Crippen LogP contribution is -2.22. The molecule has 0 unspecified atom stereocenters. The summed E-state index contributed by atoms with van der Waals surface area (Å²) in [7, 11) is 0. The van der Waals surface area contributed by atoms with Crippen molar-refractivity contribution < 1.29 is 0 Å². The lowest BCUT2D eigenvalue weighted by atomic mass is 10.1. The Bertz CT molecular complexity index is 575. The number of H-pyrrole nitrogens is 1. The highest BCUT2D eigenvalue weighted by atomic mass is 79.9. The number of hydrogen-bond acceptors (Lipinski definition) is 2. The highest BCUT2D eigenvalue weighted by Crippen LogP contribution is 2.25. The molecule has 0 saturated carbocycles. The molecule has 1 aromatic carbocycles. The minimum atomic E-state index is -0.0908. The number of aromatic nitrogens is 3. The van der Waals surface area contributed by atoms with Crippen molar-refractivity contribution in [3.8, 4) is 11.4 Å². The molecule has 17 heavy (non-hydrogen) atoms. The van der Waals surface area contributed by atoms with Crippen molar-refractivity contribution in [1.29, 1.82) is 0 Å². The van der Waals surface area contributed by atoms with Crippen molar-refractivity contribution in [3.05, 3.63) is 33.5 Å². The van der Waals surface area contributed by atoms with Crippen LogP contribution in [0.3, 0.4) is 0 Å². The smallest absolute Gasteiger partial charge is 0.195 e. The standard InChI is InChI=1S/C12H14BrN3S/c1-12(2,3)16-10(14-15-11(16)17)8-4-6-9(13)7-5-8/h4-7H,1-3H3,(H,15,17). The van der Waals surface area contributed by atoms with E-state index in [0.717, 1.165) is 15.9 Å². The normalized spacial score (nSPS) is 11.8. The van der Waals surface area contributed by atoms with Crippen molar-refractivity contribution in [2.24, 2.45) is 0 Å². The fraction of sp³-hybridized carbons (Fsp3) is 0.333. The van der Waals surface area contributed by atoms with Gasteiger partial charge in [0.05, 0.1) is 0 Å². The first kappa shape index (κ1) is 12.5. The molecular formula is C12H14BrN3S. The van der Waals surface area contributed by atoms with Gasteiger partial charge in [-0.25, -0.2) is 0 Å². The van der Waals surface area contributed by atoms with Gasteiger partial charge in [-0.05, 0) is 45.1 Å². The summed E-state index contributed by atoms with van der Waals surface area (Å²) in [6, 6.07) is 8.05. The molecule has 0 atom stereocenters. The topological polar surface area (TPSA) is 33.6 Å². The molecule has 1 heterocycles. The van der Waals surface area contributed by atoms with Crippen LogP contribution in [0.4, 0.5) is 0 Å². The number of nitrogens with one attached hydrogen (secondary N) is 1. The molecular weight excluding hydrogens is 298 g/mol. The van der Waals surface area contributed by atoms with Crippen molar-refractivity contribution in [2.75, 3.05) is 0 Å². The van der Waals surface area contributed by atoms with Crippen LogP contribution in [0.5, 0.6) is 0 Å². The molecule has 0 spiro atoms. The highest BCUT2D eigenvalue weighted by Gasteiger charge is 2.20. The summed E-state index contributed by atoms with van der Waals surface area (Å²) in [6.45, 7) is 6.34. The minimum Gasteiger partial charge on any atom is -0.295 e. The van der Waals surface area contributed by atoms with Gasteiger partial charge in [-0.2, -0.15) is 5.10 Å². The Morgan fingerprint density at radius 1 is 1.24 bits per heavy atom. The van der Waals surface area contributed by atoms with Crippen LogP contribution in [-0.2, 0) is 5.54 Å². The third-order valence-electron chi connectivity index (χ3n) is 2.45. The highest BCUT2D eigenvalue weighted by molar-refractivity contribution is 9.10. The van der Waals surface area contributed by atoms with E-state index in [-0.39, 0.29) is 5.54 Å². The maximum Gasteiger partial charge on any atom is 0.195 e. The van der Waals surface area contributed by atoms with E-state index in [4.69, 9.17) is 12.2 Å². The molecule has 0 bridgehead atoms. The zero-order valence-electron chi connectivity index (χ0n) is 9.99. The summed E-state index contributed by atoms with van der Waals surface area (Å²) in [6.07, 6.45) is 0. The van der Waals surface area contributed by atoms with Gasteiger partial charge in [0.1, 0.15) is 0 Å². The first-order chi connectivity index (χ1) is 7.89. The molecule has 0 aliphatic carbocycles. The molecule has 0 aliphatic rings. The van der Waals surface area contributed by atoms with Gasteiger partial charge in [-0.15, -0.1) is 0 Å². The summed E-state index contributed by atoms with van der Waals surface area (Å²) in [4.78, 5) is 0. The molecule has 2 rings (SSSR count). The maximum absolute atomic E-state index is 5.28. The van der Waals surface area contributed by atoms with Crippen molar-refractivity contribution in [1.82, 2.24) is 14.8 Å². The molecule has 3 nitrogen and oxygen atoms in total. The summed E-state index contributed by atoms with van der Waals surface area (Å²) in [5.74, 6) is 0.870. The van der Waals surface area contributed by atoms with Crippen LogP contribution in [0.1, 0.15) is 20.8 Å². The van der Waals surface area contributed by atoms with Gasteiger partial charge in [0.25, 0.3) is 0 Å². The summed E-state index contributed by atoms with van der Waals surface area (Å²) in [5, 5.41) is 7.17. The van der Waals surface area contributed by atoms with Crippen molar-refractivity contribution >= 4 is 28.1 Å². The van der Waals surface area contributed by atoms with E-state index in [9.17, 15) is 0 Å². The fourth-order valence-electron chi connectivity index (χ4n) is 1.71. The number of nitrogens with zero attached hydrogens (tertiary/aromatic N) is 2. The Balaban J connectivity index is 2.61. The fourth-order valence-corrected chi connectivity index (χ4v) is 2.38. The number of benzene rings is 1. The van der Waals surface area contributed by atoms with Gasteiger partial charge in [-0.1, -0.05) is 28.1 Å². The molecule has 1 aromatic heterocycles. The van der Waals surface area contributed by atoms with Crippen molar-refractivity contribution in [2.45, 2.75) is 26.3 Å². The Hall–Kier alpha value is -0.940. The molecule has 2 aromatic rings. The molecule has 5 heteroatoms. The van der Waals surface area contributed by atoms with Crippen LogP contribution >= 0.6 is 28.1 Å².